The third kappa shape index (κ3) is 2.42. The lowest BCUT2D eigenvalue weighted by molar-refractivity contribution is 0.415. The molecule has 0 saturated carbocycles. The number of methoxy groups -OCH3 is 1. The first kappa shape index (κ1) is 11.1. The van der Waals surface area contributed by atoms with Gasteiger partial charge in [0.2, 0.25) is 0 Å². The Balaban J connectivity index is 2.38. The molecule has 0 aromatic heterocycles. The topological polar surface area (TPSA) is 47.1 Å². The Morgan fingerprint density at radius 2 is 1.71 bits per heavy atom. The SMILES string of the molecule is COc1cccc(N(N=[N-])c2ccccc2)c1. The predicted molar refractivity (Wildman–Crippen MR) is 67.4 cm³/mol. The Kier molecular flexibility index (Phi) is 3.35. The zero-order chi connectivity index (χ0) is 12.1. The van der Waals surface area contributed by atoms with E-state index in [0.29, 0.717) is 5.75 Å². The Morgan fingerprint density at radius 1 is 1.00 bits per heavy atom. The van der Waals surface area contributed by atoms with Crippen LogP contribution in [0, 0.1) is 0 Å². The Morgan fingerprint density at radius 3 is 2.35 bits per heavy atom. The molecule has 0 aliphatic heterocycles. The van der Waals surface area contributed by atoms with Gasteiger partial charge in [-0.15, -0.1) is 0 Å². The normalized spacial score (nSPS) is 9.71. The van der Waals surface area contributed by atoms with E-state index in [4.69, 9.17) is 10.3 Å². The molecule has 0 atom stereocenters. The summed E-state index contributed by atoms with van der Waals surface area (Å²) in [5.74, 6) is 0.715. The molecule has 0 heterocycles. The summed E-state index contributed by atoms with van der Waals surface area (Å²) < 4.78 is 5.14. The van der Waals surface area contributed by atoms with Crippen molar-refractivity contribution in [3.63, 3.8) is 0 Å². The molecule has 2 aromatic carbocycles. The van der Waals surface area contributed by atoms with E-state index in [1.54, 1.807) is 13.2 Å². The lowest BCUT2D eigenvalue weighted by Crippen LogP contribution is -2.06. The summed E-state index contributed by atoms with van der Waals surface area (Å²) in [5.41, 5.74) is 10.6. The summed E-state index contributed by atoms with van der Waals surface area (Å²) in [6.45, 7) is 0. The summed E-state index contributed by atoms with van der Waals surface area (Å²) in [7, 11) is 1.60. The summed E-state index contributed by atoms with van der Waals surface area (Å²) in [6, 6.07) is 16.7. The van der Waals surface area contributed by atoms with Crippen molar-refractivity contribution in [1.82, 2.24) is 0 Å². The summed E-state index contributed by atoms with van der Waals surface area (Å²) in [5, 5.41) is 4.71. The standard InChI is InChI=1S/C13H12N3O/c1-17-13-9-5-8-12(10-13)16(15-14)11-6-3-2-4-7-11/h2-10H,1H3/q-1. The van der Waals surface area contributed by atoms with E-state index in [1.165, 1.54) is 5.01 Å². The van der Waals surface area contributed by atoms with Gasteiger partial charge in [-0.05, 0) is 23.5 Å². The van der Waals surface area contributed by atoms with E-state index in [1.807, 2.05) is 48.5 Å². The van der Waals surface area contributed by atoms with Crippen LogP contribution in [0.25, 0.3) is 5.53 Å². The minimum Gasteiger partial charge on any atom is -0.497 e. The molecule has 0 unspecified atom stereocenters. The highest BCUT2D eigenvalue weighted by molar-refractivity contribution is 5.63. The van der Waals surface area contributed by atoms with Gasteiger partial charge in [0, 0.05) is 0 Å². The number of hydrogen-bond acceptors (Lipinski definition) is 2. The number of nitrogens with zero attached hydrogens (tertiary/aromatic N) is 3. The average Bonchev–Trinajstić information content (AvgIpc) is 2.41. The van der Waals surface area contributed by atoms with Crippen LogP contribution in [0.4, 0.5) is 11.4 Å². The number of ether oxygens (including phenoxy) is 1. The smallest absolute Gasteiger partial charge is 0.119 e. The molecule has 17 heavy (non-hydrogen) atoms. The zero-order valence-electron chi connectivity index (χ0n) is 9.45. The fraction of sp³-hybridized carbons (Fsp3) is 0.0769. The van der Waals surface area contributed by atoms with E-state index in [9.17, 15) is 0 Å². The van der Waals surface area contributed by atoms with Crippen LogP contribution in [0.2, 0.25) is 0 Å². The minimum atomic E-state index is 0.715. The predicted octanol–water partition coefficient (Wildman–Crippen LogP) is 3.77. The van der Waals surface area contributed by atoms with E-state index in [-0.39, 0.29) is 0 Å². The fourth-order valence-electron chi connectivity index (χ4n) is 1.56. The van der Waals surface area contributed by atoms with Gasteiger partial charge in [-0.25, -0.2) is 0 Å². The minimum absolute atomic E-state index is 0.715. The second kappa shape index (κ2) is 5.12. The maximum absolute atomic E-state index is 9.11. The molecule has 4 heteroatoms. The van der Waals surface area contributed by atoms with Gasteiger partial charge in [0.1, 0.15) is 5.75 Å². The molecule has 0 spiro atoms. The molecule has 0 fully saturated rings. The number of benzene rings is 2. The van der Waals surface area contributed by atoms with Crippen molar-refractivity contribution in [2.24, 2.45) is 5.22 Å². The van der Waals surface area contributed by atoms with Gasteiger partial charge in [-0.2, -0.15) is 0 Å². The molecule has 2 aromatic rings. The van der Waals surface area contributed by atoms with Gasteiger partial charge in [-0.3, -0.25) is 5.22 Å². The lowest BCUT2D eigenvalue weighted by atomic mass is 10.2. The van der Waals surface area contributed by atoms with Crippen molar-refractivity contribution in [3.8, 4) is 5.75 Å². The number of para-hydroxylation sites is 1. The van der Waals surface area contributed by atoms with E-state index in [2.05, 4.69) is 5.22 Å². The van der Waals surface area contributed by atoms with Crippen molar-refractivity contribution < 1.29 is 4.74 Å². The Labute approximate surface area is 99.9 Å². The fourth-order valence-corrected chi connectivity index (χ4v) is 1.56. The van der Waals surface area contributed by atoms with Gasteiger partial charge in [0.05, 0.1) is 7.11 Å². The van der Waals surface area contributed by atoms with Gasteiger partial charge in [0.15, 0.2) is 0 Å². The third-order valence-electron chi connectivity index (χ3n) is 2.39. The second-order valence-corrected chi connectivity index (χ2v) is 3.44. The molecule has 0 bridgehead atoms. The molecule has 4 nitrogen and oxygen atoms in total. The molecular formula is C13H12N3O-. The molecule has 2 rings (SSSR count). The highest BCUT2D eigenvalue weighted by Gasteiger charge is 2.00. The van der Waals surface area contributed by atoms with Crippen molar-refractivity contribution >= 4 is 11.4 Å². The molecule has 0 aliphatic carbocycles. The van der Waals surface area contributed by atoms with Crippen LogP contribution in [-0.4, -0.2) is 7.11 Å². The zero-order valence-corrected chi connectivity index (χ0v) is 9.45. The number of rotatable bonds is 4. The molecule has 0 saturated heterocycles. The van der Waals surface area contributed by atoms with Crippen molar-refractivity contribution in [1.29, 1.82) is 0 Å². The maximum Gasteiger partial charge on any atom is 0.119 e. The van der Waals surface area contributed by atoms with E-state index < -0.39 is 0 Å². The Bertz CT molecular complexity index is 499. The molecule has 0 amide bonds. The summed E-state index contributed by atoms with van der Waals surface area (Å²) in [4.78, 5) is 0. The molecule has 86 valence electrons. The quantitative estimate of drug-likeness (QED) is 0.588. The van der Waals surface area contributed by atoms with Crippen molar-refractivity contribution in [3.05, 3.63) is 60.1 Å². The van der Waals surface area contributed by atoms with Gasteiger partial charge in [0.25, 0.3) is 0 Å². The highest BCUT2D eigenvalue weighted by Crippen LogP contribution is 2.28. The van der Waals surface area contributed by atoms with Crippen LogP contribution in [-0.2, 0) is 0 Å². The largest absolute Gasteiger partial charge is 0.497 e. The van der Waals surface area contributed by atoms with Crippen LogP contribution in [0.15, 0.2) is 59.8 Å². The summed E-state index contributed by atoms with van der Waals surface area (Å²) >= 11 is 0. The number of hydrogen-bond donors (Lipinski definition) is 0. The first-order valence-electron chi connectivity index (χ1n) is 5.19. The first-order valence-corrected chi connectivity index (χ1v) is 5.19. The van der Waals surface area contributed by atoms with Crippen LogP contribution in [0.5, 0.6) is 5.75 Å². The molecule has 0 N–H and O–H groups in total. The van der Waals surface area contributed by atoms with Crippen LogP contribution in [0.3, 0.4) is 0 Å². The van der Waals surface area contributed by atoms with Gasteiger partial charge in [-0.1, -0.05) is 42.5 Å². The highest BCUT2D eigenvalue weighted by atomic mass is 16.5. The van der Waals surface area contributed by atoms with Gasteiger partial charge < -0.3 is 15.3 Å². The lowest BCUT2D eigenvalue weighted by Gasteiger charge is -2.27. The van der Waals surface area contributed by atoms with Crippen LogP contribution >= 0.6 is 0 Å². The van der Waals surface area contributed by atoms with Crippen molar-refractivity contribution in [2.45, 2.75) is 0 Å². The average molecular weight is 226 g/mol. The maximum atomic E-state index is 9.11. The third-order valence-corrected chi connectivity index (χ3v) is 2.39. The summed E-state index contributed by atoms with van der Waals surface area (Å²) in [6.07, 6.45) is 0. The Hall–Kier alpha value is -2.36. The van der Waals surface area contributed by atoms with E-state index in [0.717, 1.165) is 11.4 Å². The van der Waals surface area contributed by atoms with Gasteiger partial charge >= 0.3 is 0 Å². The molecular weight excluding hydrogens is 214 g/mol. The molecule has 0 radical (unpaired) electrons. The van der Waals surface area contributed by atoms with Crippen LogP contribution < -0.4 is 9.75 Å². The second-order valence-electron chi connectivity index (χ2n) is 3.44. The van der Waals surface area contributed by atoms with E-state index >= 15 is 0 Å². The number of anilines is 2. The van der Waals surface area contributed by atoms with Crippen molar-refractivity contribution in [2.75, 3.05) is 12.1 Å². The monoisotopic (exact) mass is 226 g/mol. The molecule has 0 aliphatic rings. The first-order chi connectivity index (χ1) is 8.35. The van der Waals surface area contributed by atoms with Crippen LogP contribution in [0.1, 0.15) is 0 Å².